The number of hydrogen-bond donors (Lipinski definition) is 1. The molecule has 0 atom stereocenters. The number of halogens is 3. The lowest BCUT2D eigenvalue weighted by Gasteiger charge is -2.04. The Hall–Kier alpha value is -1.30. The normalized spacial score (nSPS) is 10.1. The zero-order valence-electron chi connectivity index (χ0n) is 7.04. The molecular formula is C8H3F2IN2O2. The van der Waals surface area contributed by atoms with Crippen molar-refractivity contribution in [2.75, 3.05) is 0 Å². The van der Waals surface area contributed by atoms with Gasteiger partial charge < -0.3 is 5.11 Å². The predicted molar refractivity (Wildman–Crippen MR) is 53.6 cm³/mol. The summed E-state index contributed by atoms with van der Waals surface area (Å²) in [4.78, 5) is 14.0. The summed E-state index contributed by atoms with van der Waals surface area (Å²) in [6.07, 6.45) is -2.83. The Balaban J connectivity index is 3.46. The summed E-state index contributed by atoms with van der Waals surface area (Å²) in [5.41, 5.74) is -1.44. The summed E-state index contributed by atoms with van der Waals surface area (Å²) < 4.78 is 24.6. The molecule has 1 N–H and O–H groups in total. The molecule has 0 aliphatic carbocycles. The SMILES string of the molecule is N#Cc1nc(C(F)F)cc(I)c1C(=O)O. The van der Waals surface area contributed by atoms with Gasteiger partial charge in [0.05, 0.1) is 0 Å². The highest BCUT2D eigenvalue weighted by molar-refractivity contribution is 14.1. The van der Waals surface area contributed by atoms with Crippen molar-refractivity contribution in [3.05, 3.63) is 26.6 Å². The Labute approximate surface area is 96.7 Å². The first-order valence-corrected chi connectivity index (χ1v) is 4.67. The molecule has 0 aromatic carbocycles. The minimum absolute atomic E-state index is 0.0713. The third-order valence-corrected chi connectivity index (χ3v) is 2.39. The van der Waals surface area contributed by atoms with Crippen molar-refractivity contribution in [2.24, 2.45) is 0 Å². The zero-order chi connectivity index (χ0) is 11.6. The Bertz CT molecular complexity index is 457. The van der Waals surface area contributed by atoms with E-state index in [0.29, 0.717) is 0 Å². The first-order valence-electron chi connectivity index (χ1n) is 3.59. The molecule has 0 bridgehead atoms. The molecule has 15 heavy (non-hydrogen) atoms. The molecule has 0 saturated carbocycles. The first-order chi connectivity index (χ1) is 6.97. The standard InChI is InChI=1S/C8H3F2IN2O2/c9-7(10)4-1-3(11)6(8(14)15)5(2-12)13-4/h1,7H,(H,14,15). The van der Waals surface area contributed by atoms with Crippen molar-refractivity contribution in [1.82, 2.24) is 4.98 Å². The van der Waals surface area contributed by atoms with E-state index in [4.69, 9.17) is 10.4 Å². The topological polar surface area (TPSA) is 74.0 Å². The molecule has 1 heterocycles. The van der Waals surface area contributed by atoms with Crippen LogP contribution in [-0.4, -0.2) is 16.1 Å². The van der Waals surface area contributed by atoms with Crippen LogP contribution in [0.25, 0.3) is 0 Å². The number of carboxylic acid groups (broad SMARTS) is 1. The number of carbonyl (C=O) groups is 1. The molecule has 0 unspecified atom stereocenters. The number of aromatic carboxylic acids is 1. The van der Waals surface area contributed by atoms with Gasteiger partial charge in [0.25, 0.3) is 6.43 Å². The fourth-order valence-electron chi connectivity index (χ4n) is 0.929. The fourth-order valence-corrected chi connectivity index (χ4v) is 1.73. The monoisotopic (exact) mass is 324 g/mol. The van der Waals surface area contributed by atoms with Gasteiger partial charge >= 0.3 is 5.97 Å². The van der Waals surface area contributed by atoms with Crippen molar-refractivity contribution in [1.29, 1.82) is 5.26 Å². The van der Waals surface area contributed by atoms with Crippen LogP contribution in [0, 0.1) is 14.9 Å². The van der Waals surface area contributed by atoms with E-state index in [1.807, 2.05) is 0 Å². The second-order valence-electron chi connectivity index (χ2n) is 2.47. The lowest BCUT2D eigenvalue weighted by atomic mass is 10.2. The van der Waals surface area contributed by atoms with Crippen LogP contribution in [0.1, 0.15) is 28.2 Å². The maximum atomic E-state index is 12.3. The number of nitriles is 1. The maximum absolute atomic E-state index is 12.3. The molecule has 0 saturated heterocycles. The van der Waals surface area contributed by atoms with E-state index >= 15 is 0 Å². The number of pyridine rings is 1. The third kappa shape index (κ3) is 2.38. The van der Waals surface area contributed by atoms with Crippen molar-refractivity contribution in [3.8, 4) is 6.07 Å². The lowest BCUT2D eigenvalue weighted by Crippen LogP contribution is -2.08. The van der Waals surface area contributed by atoms with Crippen LogP contribution < -0.4 is 0 Å². The van der Waals surface area contributed by atoms with E-state index in [2.05, 4.69) is 4.98 Å². The minimum Gasteiger partial charge on any atom is -0.478 e. The van der Waals surface area contributed by atoms with Crippen molar-refractivity contribution >= 4 is 28.6 Å². The van der Waals surface area contributed by atoms with E-state index in [9.17, 15) is 13.6 Å². The number of alkyl halides is 2. The fraction of sp³-hybridized carbons (Fsp3) is 0.125. The Morgan fingerprint density at radius 2 is 2.27 bits per heavy atom. The minimum atomic E-state index is -2.83. The number of nitrogens with zero attached hydrogens (tertiary/aromatic N) is 2. The molecular weight excluding hydrogens is 321 g/mol. The third-order valence-electron chi connectivity index (χ3n) is 1.53. The van der Waals surface area contributed by atoms with Gasteiger partial charge in [0.15, 0.2) is 5.69 Å². The molecule has 0 fully saturated rings. The molecule has 1 rings (SSSR count). The van der Waals surface area contributed by atoms with Gasteiger partial charge in [0, 0.05) is 3.57 Å². The first kappa shape index (κ1) is 11.8. The van der Waals surface area contributed by atoms with Gasteiger partial charge in [-0.1, -0.05) is 0 Å². The van der Waals surface area contributed by atoms with Crippen LogP contribution in [0.15, 0.2) is 6.07 Å². The van der Waals surface area contributed by atoms with Crippen molar-refractivity contribution in [3.63, 3.8) is 0 Å². The van der Waals surface area contributed by atoms with E-state index in [-0.39, 0.29) is 9.13 Å². The summed E-state index contributed by atoms with van der Waals surface area (Å²) in [5.74, 6) is -1.36. The second kappa shape index (κ2) is 4.48. The largest absolute Gasteiger partial charge is 0.478 e. The Morgan fingerprint density at radius 1 is 1.67 bits per heavy atom. The van der Waals surface area contributed by atoms with Crippen LogP contribution in [-0.2, 0) is 0 Å². The van der Waals surface area contributed by atoms with Crippen molar-refractivity contribution in [2.45, 2.75) is 6.43 Å². The highest BCUT2D eigenvalue weighted by Gasteiger charge is 2.20. The van der Waals surface area contributed by atoms with Crippen molar-refractivity contribution < 1.29 is 18.7 Å². The molecule has 0 amide bonds. The zero-order valence-corrected chi connectivity index (χ0v) is 9.20. The Morgan fingerprint density at radius 3 is 2.67 bits per heavy atom. The van der Waals surface area contributed by atoms with Crippen LogP contribution in [0.3, 0.4) is 0 Å². The van der Waals surface area contributed by atoms with Crippen LogP contribution in [0.2, 0.25) is 0 Å². The van der Waals surface area contributed by atoms with Gasteiger partial charge in [-0.15, -0.1) is 0 Å². The average molecular weight is 324 g/mol. The molecule has 0 radical (unpaired) electrons. The molecule has 4 nitrogen and oxygen atoms in total. The summed E-state index contributed by atoms with van der Waals surface area (Å²) in [6, 6.07) is 2.44. The average Bonchev–Trinajstić information content (AvgIpc) is 2.15. The van der Waals surface area contributed by atoms with Gasteiger partial charge in [-0.2, -0.15) is 5.26 Å². The van der Waals surface area contributed by atoms with Crippen LogP contribution in [0.4, 0.5) is 8.78 Å². The summed E-state index contributed by atoms with van der Waals surface area (Å²) in [5, 5.41) is 17.3. The number of aromatic nitrogens is 1. The number of rotatable bonds is 2. The van der Waals surface area contributed by atoms with Crippen LogP contribution >= 0.6 is 22.6 Å². The highest BCUT2D eigenvalue weighted by Crippen LogP contribution is 2.23. The molecule has 1 aromatic heterocycles. The summed E-state index contributed by atoms with van der Waals surface area (Å²) in [7, 11) is 0. The van der Waals surface area contributed by atoms with Gasteiger partial charge in [0.2, 0.25) is 0 Å². The van der Waals surface area contributed by atoms with Gasteiger partial charge in [0.1, 0.15) is 17.3 Å². The molecule has 0 aliphatic heterocycles. The smallest absolute Gasteiger partial charge is 0.339 e. The summed E-state index contributed by atoms with van der Waals surface area (Å²) >= 11 is 1.58. The molecule has 0 aliphatic rings. The summed E-state index contributed by atoms with van der Waals surface area (Å²) in [6.45, 7) is 0. The van der Waals surface area contributed by atoms with E-state index in [1.54, 1.807) is 22.6 Å². The number of carboxylic acids is 1. The van der Waals surface area contributed by atoms with Gasteiger partial charge in [-0.3, -0.25) is 0 Å². The predicted octanol–water partition coefficient (Wildman–Crippen LogP) is 2.19. The van der Waals surface area contributed by atoms with E-state index in [1.165, 1.54) is 6.07 Å². The number of hydrogen-bond acceptors (Lipinski definition) is 3. The van der Waals surface area contributed by atoms with Gasteiger partial charge in [-0.05, 0) is 28.7 Å². The molecule has 78 valence electrons. The Kier molecular flexibility index (Phi) is 3.52. The van der Waals surface area contributed by atoms with E-state index < -0.39 is 23.8 Å². The quantitative estimate of drug-likeness (QED) is 0.847. The van der Waals surface area contributed by atoms with Crippen LogP contribution in [0.5, 0.6) is 0 Å². The van der Waals surface area contributed by atoms with Gasteiger partial charge in [-0.25, -0.2) is 18.6 Å². The molecule has 7 heteroatoms. The second-order valence-corrected chi connectivity index (χ2v) is 3.63. The molecule has 0 spiro atoms. The lowest BCUT2D eigenvalue weighted by molar-refractivity contribution is 0.0694. The molecule has 1 aromatic rings. The highest BCUT2D eigenvalue weighted by atomic mass is 127. The van der Waals surface area contributed by atoms with E-state index in [0.717, 1.165) is 6.07 Å². The maximum Gasteiger partial charge on any atom is 0.339 e.